The molecule has 180 valence electrons. The number of rotatable bonds is 8. The molecule has 7 nitrogen and oxygen atoms in total. The zero-order valence-corrected chi connectivity index (χ0v) is 19.5. The monoisotopic (exact) mass is 464 g/mol. The van der Waals surface area contributed by atoms with E-state index < -0.39 is 18.1 Å². The summed E-state index contributed by atoms with van der Waals surface area (Å²) in [7, 11) is 0. The first kappa shape index (κ1) is 23.8. The summed E-state index contributed by atoms with van der Waals surface area (Å²) >= 11 is 0. The van der Waals surface area contributed by atoms with Gasteiger partial charge in [0.2, 0.25) is 5.91 Å². The van der Waals surface area contributed by atoms with Gasteiger partial charge in [0.25, 0.3) is 0 Å². The maximum atomic E-state index is 12.6. The quantitative estimate of drug-likeness (QED) is 0.535. The summed E-state index contributed by atoms with van der Waals surface area (Å²) in [5.74, 6) is -1.58. The summed E-state index contributed by atoms with van der Waals surface area (Å²) in [6.45, 7) is 2.13. The maximum Gasteiger partial charge on any atom is 0.407 e. The van der Waals surface area contributed by atoms with Crippen molar-refractivity contribution in [3.05, 3.63) is 59.7 Å². The number of carboxylic acid groups (broad SMARTS) is 1. The fourth-order valence-electron chi connectivity index (χ4n) is 5.20. The molecule has 3 N–H and O–H groups in total. The minimum atomic E-state index is -1.01. The molecule has 2 aromatic carbocycles. The highest BCUT2D eigenvalue weighted by atomic mass is 16.5. The van der Waals surface area contributed by atoms with Gasteiger partial charge >= 0.3 is 12.1 Å². The van der Waals surface area contributed by atoms with E-state index in [1.165, 1.54) is 11.1 Å². The van der Waals surface area contributed by atoms with E-state index >= 15 is 0 Å². The van der Waals surface area contributed by atoms with Crippen molar-refractivity contribution in [3.8, 4) is 11.1 Å². The summed E-state index contributed by atoms with van der Waals surface area (Å²) in [5, 5.41) is 14.9. The molecule has 7 heteroatoms. The average molecular weight is 465 g/mol. The summed E-state index contributed by atoms with van der Waals surface area (Å²) in [5.41, 5.74) is 4.67. The highest BCUT2D eigenvalue weighted by molar-refractivity contribution is 5.85. The molecule has 3 atom stereocenters. The van der Waals surface area contributed by atoms with Crippen LogP contribution in [0.4, 0.5) is 4.79 Å². The number of alkyl carbamates (subject to hydrolysis) is 1. The lowest BCUT2D eigenvalue weighted by atomic mass is 9.85. The number of benzene rings is 2. The Morgan fingerprint density at radius 3 is 2.29 bits per heavy atom. The highest BCUT2D eigenvalue weighted by Crippen LogP contribution is 2.44. The number of amides is 2. The van der Waals surface area contributed by atoms with Gasteiger partial charge in [-0.1, -0.05) is 68.3 Å². The van der Waals surface area contributed by atoms with Crippen LogP contribution in [0.3, 0.4) is 0 Å². The van der Waals surface area contributed by atoms with Gasteiger partial charge < -0.3 is 20.5 Å². The molecule has 0 bridgehead atoms. The SMILES string of the molecule is CCC[C@H](NC(=O)C1CCCC(NC(=O)OCC2c3ccccc3-c3ccccc32)C1)C(=O)O. The lowest BCUT2D eigenvalue weighted by molar-refractivity contribution is -0.142. The van der Waals surface area contributed by atoms with Gasteiger partial charge in [0.15, 0.2) is 0 Å². The molecule has 0 saturated heterocycles. The molecule has 2 aliphatic carbocycles. The number of carbonyl (C=O) groups is 3. The maximum absolute atomic E-state index is 12.6. The lowest BCUT2D eigenvalue weighted by Crippen LogP contribution is -2.47. The van der Waals surface area contributed by atoms with Crippen molar-refractivity contribution in [1.29, 1.82) is 0 Å². The predicted octanol–water partition coefficient (Wildman–Crippen LogP) is 4.45. The van der Waals surface area contributed by atoms with Crippen molar-refractivity contribution in [2.75, 3.05) is 6.61 Å². The van der Waals surface area contributed by atoms with E-state index in [9.17, 15) is 19.5 Å². The predicted molar refractivity (Wildman–Crippen MR) is 128 cm³/mol. The summed E-state index contributed by atoms with van der Waals surface area (Å²) < 4.78 is 5.64. The molecule has 0 aromatic heterocycles. The summed E-state index contributed by atoms with van der Waals surface area (Å²) in [6.07, 6.45) is 3.32. The standard InChI is InChI=1S/C27H32N2O5/c1-2-8-24(26(31)32)29-25(30)17-9-7-10-18(15-17)28-27(33)34-16-23-21-13-5-3-11-19(21)20-12-4-6-14-22(20)23/h3-6,11-14,17-18,23-24H,2,7-10,15-16H2,1H3,(H,28,33)(H,29,30)(H,31,32)/t17?,18?,24-/m0/s1. The smallest absolute Gasteiger partial charge is 0.407 e. The van der Waals surface area contributed by atoms with Crippen LogP contribution in [-0.2, 0) is 14.3 Å². The van der Waals surface area contributed by atoms with Crippen LogP contribution >= 0.6 is 0 Å². The van der Waals surface area contributed by atoms with E-state index in [4.69, 9.17) is 4.74 Å². The number of aliphatic carboxylic acids is 1. The van der Waals surface area contributed by atoms with Crippen LogP contribution in [0.1, 0.15) is 62.5 Å². The molecule has 1 fully saturated rings. The second-order valence-corrected chi connectivity index (χ2v) is 9.22. The van der Waals surface area contributed by atoms with E-state index in [1.54, 1.807) is 0 Å². The molecule has 0 radical (unpaired) electrons. The van der Waals surface area contributed by atoms with Gasteiger partial charge in [-0.15, -0.1) is 0 Å². The third-order valence-corrected chi connectivity index (χ3v) is 6.90. The fourth-order valence-corrected chi connectivity index (χ4v) is 5.20. The molecule has 2 aromatic rings. The Hall–Kier alpha value is -3.35. The zero-order valence-electron chi connectivity index (χ0n) is 19.5. The number of hydrogen-bond acceptors (Lipinski definition) is 4. The second kappa shape index (κ2) is 10.7. The first-order valence-corrected chi connectivity index (χ1v) is 12.1. The molecule has 0 spiro atoms. The number of hydrogen-bond donors (Lipinski definition) is 3. The molecule has 0 heterocycles. The van der Waals surface area contributed by atoms with Gasteiger partial charge in [0, 0.05) is 17.9 Å². The number of carbonyl (C=O) groups excluding carboxylic acids is 2. The van der Waals surface area contributed by atoms with Crippen molar-refractivity contribution in [3.63, 3.8) is 0 Å². The minimum Gasteiger partial charge on any atom is -0.480 e. The number of fused-ring (bicyclic) bond motifs is 3. The van der Waals surface area contributed by atoms with E-state index in [0.717, 1.165) is 24.0 Å². The third-order valence-electron chi connectivity index (χ3n) is 6.90. The minimum absolute atomic E-state index is 0.00505. The number of ether oxygens (including phenoxy) is 1. The van der Waals surface area contributed by atoms with Gasteiger partial charge in [-0.05, 0) is 47.9 Å². The lowest BCUT2D eigenvalue weighted by Gasteiger charge is -2.29. The molecule has 2 aliphatic rings. The topological polar surface area (TPSA) is 105 Å². The van der Waals surface area contributed by atoms with E-state index in [1.807, 2.05) is 31.2 Å². The van der Waals surface area contributed by atoms with Crippen molar-refractivity contribution in [2.45, 2.75) is 63.5 Å². The van der Waals surface area contributed by atoms with Crippen molar-refractivity contribution >= 4 is 18.0 Å². The first-order valence-electron chi connectivity index (χ1n) is 12.1. The Morgan fingerprint density at radius 2 is 1.68 bits per heavy atom. The summed E-state index contributed by atoms with van der Waals surface area (Å²) in [4.78, 5) is 36.6. The average Bonchev–Trinajstić information content (AvgIpc) is 3.16. The van der Waals surface area contributed by atoms with Crippen LogP contribution in [0.25, 0.3) is 11.1 Å². The second-order valence-electron chi connectivity index (χ2n) is 9.22. The van der Waals surface area contributed by atoms with Gasteiger partial charge in [-0.25, -0.2) is 9.59 Å². The van der Waals surface area contributed by atoms with Crippen molar-refractivity contribution in [1.82, 2.24) is 10.6 Å². The largest absolute Gasteiger partial charge is 0.480 e. The molecule has 2 unspecified atom stereocenters. The Bertz CT molecular complexity index is 1010. The Balaban J connectivity index is 1.31. The Morgan fingerprint density at radius 1 is 1.03 bits per heavy atom. The number of nitrogens with one attached hydrogen (secondary N) is 2. The highest BCUT2D eigenvalue weighted by Gasteiger charge is 2.32. The molecule has 34 heavy (non-hydrogen) atoms. The molecule has 1 saturated carbocycles. The normalized spacial score (nSPS) is 20.0. The van der Waals surface area contributed by atoms with Crippen LogP contribution in [0.15, 0.2) is 48.5 Å². The third kappa shape index (κ3) is 5.24. The first-order chi connectivity index (χ1) is 16.5. The summed E-state index contributed by atoms with van der Waals surface area (Å²) in [6, 6.07) is 15.3. The Kier molecular flexibility index (Phi) is 7.50. The van der Waals surface area contributed by atoms with Crippen LogP contribution in [0, 0.1) is 5.92 Å². The van der Waals surface area contributed by atoms with Gasteiger partial charge in [-0.3, -0.25) is 4.79 Å². The zero-order chi connectivity index (χ0) is 24.1. The van der Waals surface area contributed by atoms with Crippen molar-refractivity contribution in [2.24, 2.45) is 5.92 Å². The Labute approximate surface area is 199 Å². The molecule has 2 amide bonds. The molecule has 0 aliphatic heterocycles. The van der Waals surface area contributed by atoms with Crippen molar-refractivity contribution < 1.29 is 24.2 Å². The molecule has 4 rings (SSSR count). The number of carboxylic acids is 1. The molecular weight excluding hydrogens is 432 g/mol. The van der Waals surface area contributed by atoms with E-state index in [-0.39, 0.29) is 30.4 Å². The van der Waals surface area contributed by atoms with Crippen LogP contribution in [0.5, 0.6) is 0 Å². The molecular formula is C27H32N2O5. The van der Waals surface area contributed by atoms with E-state index in [2.05, 4.69) is 34.9 Å². The van der Waals surface area contributed by atoms with Crippen LogP contribution in [0.2, 0.25) is 0 Å². The van der Waals surface area contributed by atoms with Gasteiger partial charge in [0.1, 0.15) is 12.6 Å². The fraction of sp³-hybridized carbons (Fsp3) is 0.444. The van der Waals surface area contributed by atoms with Crippen LogP contribution in [-0.4, -0.2) is 41.8 Å². The van der Waals surface area contributed by atoms with Gasteiger partial charge in [-0.2, -0.15) is 0 Å². The van der Waals surface area contributed by atoms with E-state index in [0.29, 0.717) is 25.7 Å². The van der Waals surface area contributed by atoms with Gasteiger partial charge in [0.05, 0.1) is 0 Å². The van der Waals surface area contributed by atoms with Crippen LogP contribution < -0.4 is 10.6 Å².